The Morgan fingerprint density at radius 2 is 1.36 bits per heavy atom. The molecule has 2 unspecified atom stereocenters. The van der Waals surface area contributed by atoms with Gasteiger partial charge in [0.05, 0.1) is 18.4 Å². The number of hydrogen-bond donors (Lipinski definition) is 3. The standard InChI is InChI=1S/C58H73F2N5O9SSi/c1-58(2,3)55(50-35-45(47-36-46(59)23-24-48(47)60)38-64(50)37-42-17-10-7-11-18-42)65(31-16-29-62-57(71)72-32-34-76(4,5)6)53(68)41-75-33-28-51(66)61-30-27-52(67)63-49(56(70)74-40-44-21-14-9-15-22-44)25-26-54(69)73-39-43-19-12-8-13-20-43/h7-15,17-24,35-36,38,49,55H,16,25-34,37,39-41H2,1-6H3,(H,61,66)(H,62,71)(H,63,67). The van der Waals surface area contributed by atoms with Crippen molar-refractivity contribution in [2.75, 3.05) is 37.7 Å². The first-order valence-electron chi connectivity index (χ1n) is 25.7. The van der Waals surface area contributed by atoms with Crippen molar-refractivity contribution in [1.82, 2.24) is 25.4 Å². The van der Waals surface area contributed by atoms with Crippen LogP contribution in [-0.4, -0.2) is 97.1 Å². The van der Waals surface area contributed by atoms with Crippen LogP contribution in [0.1, 0.15) is 81.3 Å². The highest BCUT2D eigenvalue weighted by molar-refractivity contribution is 7.99. The predicted octanol–water partition coefficient (Wildman–Crippen LogP) is 10.2. The number of thioether (sulfide) groups is 1. The maximum Gasteiger partial charge on any atom is 0.407 e. The van der Waals surface area contributed by atoms with E-state index >= 15 is 4.39 Å². The summed E-state index contributed by atoms with van der Waals surface area (Å²) in [6.45, 7) is 13.8. The quantitative estimate of drug-likeness (QED) is 0.0181. The Bertz CT molecular complexity index is 2670. The number of aromatic nitrogens is 1. The average Bonchev–Trinajstić information content (AvgIpc) is 3.78. The summed E-state index contributed by atoms with van der Waals surface area (Å²) in [5.41, 5.74) is 3.14. The largest absolute Gasteiger partial charge is 0.461 e. The number of amides is 4. The number of halogens is 2. The summed E-state index contributed by atoms with van der Waals surface area (Å²) in [5.74, 6) is -3.29. The number of rotatable bonds is 29. The van der Waals surface area contributed by atoms with Gasteiger partial charge in [0.15, 0.2) is 0 Å². The van der Waals surface area contributed by atoms with E-state index in [-0.39, 0.29) is 87.4 Å². The van der Waals surface area contributed by atoms with Gasteiger partial charge >= 0.3 is 18.0 Å². The molecular weight excluding hydrogens is 1010 g/mol. The molecule has 0 aliphatic rings. The third kappa shape index (κ3) is 21.1. The molecule has 0 fully saturated rings. The Morgan fingerprint density at radius 1 is 0.724 bits per heavy atom. The molecule has 76 heavy (non-hydrogen) atoms. The fraction of sp³-hybridized carbons (Fsp3) is 0.414. The number of carbonyl (C=O) groups is 6. The maximum atomic E-state index is 15.4. The van der Waals surface area contributed by atoms with Crippen molar-refractivity contribution >= 4 is 55.6 Å². The van der Waals surface area contributed by atoms with Crippen molar-refractivity contribution < 1.29 is 51.8 Å². The van der Waals surface area contributed by atoms with Crippen molar-refractivity contribution in [3.63, 3.8) is 0 Å². The van der Waals surface area contributed by atoms with Crippen LogP contribution in [0, 0.1) is 17.0 Å². The zero-order valence-corrected chi connectivity index (χ0v) is 46.4. The SMILES string of the molecule is CC(C)(C)C(c1cc(-c2cc(F)ccc2F)cn1Cc1ccccc1)N(CCCNC(=O)OCC[Si](C)(C)C)C(=O)CSCCC(=O)NCCC(=O)NC(CCC(=O)OCc1ccccc1)C(=O)OCc1ccccc1. The van der Waals surface area contributed by atoms with Crippen molar-refractivity contribution in [2.45, 2.75) is 110 Å². The topological polar surface area (TPSA) is 174 Å². The summed E-state index contributed by atoms with van der Waals surface area (Å²) in [4.78, 5) is 81.0. The molecule has 0 saturated carbocycles. The first-order chi connectivity index (χ1) is 36.3. The molecule has 408 valence electrons. The van der Waals surface area contributed by atoms with Gasteiger partial charge in [-0.25, -0.2) is 18.4 Å². The predicted molar refractivity (Wildman–Crippen MR) is 295 cm³/mol. The molecule has 4 amide bonds. The van der Waals surface area contributed by atoms with Gasteiger partial charge in [0, 0.05) is 82.3 Å². The van der Waals surface area contributed by atoms with Crippen molar-refractivity contribution in [3.05, 3.63) is 155 Å². The van der Waals surface area contributed by atoms with Crippen LogP contribution < -0.4 is 16.0 Å². The molecule has 4 aromatic carbocycles. The van der Waals surface area contributed by atoms with E-state index in [9.17, 15) is 33.2 Å². The van der Waals surface area contributed by atoms with Crippen LogP contribution in [0.4, 0.5) is 13.6 Å². The van der Waals surface area contributed by atoms with Gasteiger partial charge in [0.2, 0.25) is 17.7 Å². The molecule has 0 aliphatic heterocycles. The second-order valence-electron chi connectivity index (χ2n) is 20.8. The average molecular weight is 1080 g/mol. The lowest BCUT2D eigenvalue weighted by molar-refractivity contribution is -0.150. The number of nitrogens with zero attached hydrogens (tertiary/aromatic N) is 2. The maximum absolute atomic E-state index is 15.4. The number of nitrogens with one attached hydrogen (secondary N) is 3. The minimum absolute atomic E-state index is 0.000757. The lowest BCUT2D eigenvalue weighted by Gasteiger charge is -2.41. The van der Waals surface area contributed by atoms with Crippen LogP contribution in [0.3, 0.4) is 0 Å². The monoisotopic (exact) mass is 1080 g/mol. The fourth-order valence-corrected chi connectivity index (χ4v) is 9.71. The Balaban J connectivity index is 1.21. The molecule has 0 saturated heterocycles. The van der Waals surface area contributed by atoms with Gasteiger partial charge in [-0.05, 0) is 65.3 Å². The molecule has 1 heterocycles. The Kier molecular flexibility index (Phi) is 23.8. The Hall–Kier alpha value is -6.79. The van der Waals surface area contributed by atoms with Crippen molar-refractivity contribution in [1.29, 1.82) is 0 Å². The highest BCUT2D eigenvalue weighted by atomic mass is 32.2. The van der Waals surface area contributed by atoms with Crippen molar-refractivity contribution in [3.8, 4) is 11.1 Å². The molecule has 5 rings (SSSR count). The third-order valence-electron chi connectivity index (χ3n) is 12.1. The highest BCUT2D eigenvalue weighted by Crippen LogP contribution is 2.41. The summed E-state index contributed by atoms with van der Waals surface area (Å²) >= 11 is 1.27. The fourth-order valence-electron chi connectivity index (χ4n) is 8.18. The summed E-state index contributed by atoms with van der Waals surface area (Å²) in [7, 11) is -1.43. The van der Waals surface area contributed by atoms with Crippen LogP contribution in [0.5, 0.6) is 0 Å². The van der Waals surface area contributed by atoms with Crippen LogP contribution >= 0.6 is 11.8 Å². The van der Waals surface area contributed by atoms with Crippen LogP contribution in [0.15, 0.2) is 121 Å². The number of alkyl carbamates (subject to hydrolysis) is 1. The first kappa shape index (κ1) is 60.1. The van der Waals surface area contributed by atoms with Gasteiger partial charge < -0.3 is 39.6 Å². The highest BCUT2D eigenvalue weighted by Gasteiger charge is 2.37. The van der Waals surface area contributed by atoms with Crippen molar-refractivity contribution in [2.24, 2.45) is 5.41 Å². The van der Waals surface area contributed by atoms with E-state index in [1.165, 1.54) is 11.8 Å². The summed E-state index contributed by atoms with van der Waals surface area (Å²) in [6.07, 6.45) is 1.28. The zero-order valence-electron chi connectivity index (χ0n) is 44.5. The Morgan fingerprint density at radius 3 is 1.99 bits per heavy atom. The molecule has 14 nitrogen and oxygen atoms in total. The molecule has 0 radical (unpaired) electrons. The molecule has 18 heteroatoms. The molecule has 0 aliphatic carbocycles. The molecule has 2 atom stereocenters. The number of esters is 2. The molecule has 1 aromatic heterocycles. The van der Waals surface area contributed by atoms with E-state index < -0.39 is 61.1 Å². The van der Waals surface area contributed by atoms with E-state index in [0.717, 1.165) is 40.9 Å². The molecule has 5 aromatic rings. The summed E-state index contributed by atoms with van der Waals surface area (Å²) in [5, 5.41) is 8.20. The third-order valence-corrected chi connectivity index (χ3v) is 14.8. The first-order valence-corrected chi connectivity index (χ1v) is 30.6. The molecule has 0 bridgehead atoms. The van der Waals surface area contributed by atoms with Gasteiger partial charge in [-0.15, -0.1) is 0 Å². The number of benzene rings is 4. The minimum Gasteiger partial charge on any atom is -0.461 e. The van der Waals surface area contributed by atoms with E-state index in [2.05, 4.69) is 35.6 Å². The smallest absolute Gasteiger partial charge is 0.407 e. The van der Waals surface area contributed by atoms with Gasteiger partial charge in [0.1, 0.15) is 30.9 Å². The lowest BCUT2D eigenvalue weighted by atomic mass is 9.83. The van der Waals surface area contributed by atoms with E-state index in [1.807, 2.05) is 110 Å². The van der Waals surface area contributed by atoms with Gasteiger partial charge in [-0.2, -0.15) is 11.8 Å². The van der Waals surface area contributed by atoms with Crippen LogP contribution in [-0.2, 0) is 57.9 Å². The molecular formula is C58H73F2N5O9SSi. The summed E-state index contributed by atoms with van der Waals surface area (Å²) in [6, 6.07) is 32.1. The second kappa shape index (κ2) is 30.1. The van der Waals surface area contributed by atoms with Crippen LogP contribution in [0.2, 0.25) is 25.7 Å². The van der Waals surface area contributed by atoms with Gasteiger partial charge in [0.25, 0.3) is 0 Å². The van der Waals surface area contributed by atoms with E-state index in [0.29, 0.717) is 30.8 Å². The zero-order chi connectivity index (χ0) is 55.1. The minimum atomic E-state index is -1.43. The van der Waals surface area contributed by atoms with E-state index in [4.69, 9.17) is 14.2 Å². The second-order valence-corrected chi connectivity index (χ2v) is 27.5. The Labute approximate surface area is 451 Å². The number of carbonyl (C=O) groups excluding carboxylic acids is 6. The van der Waals surface area contributed by atoms with Gasteiger partial charge in [-0.3, -0.25) is 19.2 Å². The lowest BCUT2D eigenvalue weighted by Crippen LogP contribution is -2.44. The van der Waals surface area contributed by atoms with Gasteiger partial charge in [-0.1, -0.05) is 131 Å². The molecule has 3 N–H and O–H groups in total. The summed E-state index contributed by atoms with van der Waals surface area (Å²) < 4.78 is 48.2. The van der Waals surface area contributed by atoms with Crippen LogP contribution in [0.25, 0.3) is 11.1 Å². The number of ether oxygens (including phenoxy) is 3. The number of hydrogen-bond acceptors (Lipinski definition) is 10. The van der Waals surface area contributed by atoms with E-state index in [1.54, 1.807) is 23.2 Å². The normalized spacial score (nSPS) is 12.2. The molecule has 0 spiro atoms.